The highest BCUT2D eigenvalue weighted by Gasteiger charge is 2.54. The van der Waals surface area contributed by atoms with Crippen LogP contribution in [-0.4, -0.2) is 24.3 Å². The molecule has 0 spiro atoms. The quantitative estimate of drug-likeness (QED) is 0.716. The standard InChI is InChI=1S/C13H24N2O2/c1-11(2,3)13(12(4,5)6)8-9(14-15-13)10(16)17-7/h15H,8H2,1-7H3. The van der Waals surface area contributed by atoms with Gasteiger partial charge < -0.3 is 10.2 Å². The summed E-state index contributed by atoms with van der Waals surface area (Å²) in [6, 6.07) is 0. The van der Waals surface area contributed by atoms with Gasteiger partial charge in [0.2, 0.25) is 0 Å². The van der Waals surface area contributed by atoms with E-state index in [9.17, 15) is 4.79 Å². The van der Waals surface area contributed by atoms with E-state index in [1.54, 1.807) is 0 Å². The van der Waals surface area contributed by atoms with Crippen molar-refractivity contribution in [1.29, 1.82) is 0 Å². The van der Waals surface area contributed by atoms with Crippen molar-refractivity contribution in [2.75, 3.05) is 7.11 Å². The SMILES string of the molecule is COC(=O)C1=NNC(C(C)(C)C)(C(C)(C)C)C1. The minimum atomic E-state index is -0.340. The third-order valence-corrected chi connectivity index (χ3v) is 3.80. The number of rotatable bonds is 1. The van der Waals surface area contributed by atoms with Gasteiger partial charge in [-0.05, 0) is 10.8 Å². The van der Waals surface area contributed by atoms with Crippen LogP contribution < -0.4 is 5.43 Å². The molecule has 0 bridgehead atoms. The molecule has 0 fully saturated rings. The molecular formula is C13H24N2O2. The summed E-state index contributed by atoms with van der Waals surface area (Å²) in [6.07, 6.45) is 0.604. The van der Waals surface area contributed by atoms with E-state index >= 15 is 0 Å². The molecule has 0 atom stereocenters. The summed E-state index contributed by atoms with van der Waals surface area (Å²) in [6.45, 7) is 13.0. The van der Waals surface area contributed by atoms with Crippen LogP contribution in [0.3, 0.4) is 0 Å². The fourth-order valence-corrected chi connectivity index (χ4v) is 2.72. The summed E-state index contributed by atoms with van der Waals surface area (Å²) >= 11 is 0. The van der Waals surface area contributed by atoms with Crippen LogP contribution >= 0.6 is 0 Å². The molecule has 4 heteroatoms. The number of esters is 1. The van der Waals surface area contributed by atoms with E-state index in [2.05, 4.69) is 52.1 Å². The predicted octanol–water partition coefficient (Wildman–Crippen LogP) is 2.34. The van der Waals surface area contributed by atoms with Crippen molar-refractivity contribution in [3.05, 3.63) is 0 Å². The largest absolute Gasteiger partial charge is 0.464 e. The lowest BCUT2D eigenvalue weighted by atomic mass is 9.59. The molecule has 17 heavy (non-hydrogen) atoms. The molecule has 0 saturated carbocycles. The first-order valence-electron chi connectivity index (χ1n) is 5.97. The molecule has 1 heterocycles. The lowest BCUT2D eigenvalue weighted by molar-refractivity contribution is -0.132. The van der Waals surface area contributed by atoms with Crippen LogP contribution in [0, 0.1) is 10.8 Å². The molecule has 98 valence electrons. The molecular weight excluding hydrogens is 216 g/mol. The van der Waals surface area contributed by atoms with Crippen LogP contribution in [0.4, 0.5) is 0 Å². The summed E-state index contributed by atoms with van der Waals surface area (Å²) in [5.74, 6) is -0.340. The number of carbonyl (C=O) groups excluding carboxylic acids is 1. The third-order valence-electron chi connectivity index (χ3n) is 3.80. The molecule has 0 aliphatic carbocycles. The van der Waals surface area contributed by atoms with Crippen LogP contribution in [0.15, 0.2) is 5.10 Å². The Morgan fingerprint density at radius 2 is 1.71 bits per heavy atom. The Balaban J connectivity index is 3.08. The molecule has 0 radical (unpaired) electrons. The number of nitrogens with one attached hydrogen (secondary N) is 1. The number of hydrogen-bond acceptors (Lipinski definition) is 4. The summed E-state index contributed by atoms with van der Waals surface area (Å²) in [4.78, 5) is 11.6. The van der Waals surface area contributed by atoms with Gasteiger partial charge in [-0.1, -0.05) is 41.5 Å². The summed E-state index contributed by atoms with van der Waals surface area (Å²) in [5.41, 5.74) is 3.43. The predicted molar refractivity (Wildman–Crippen MR) is 68.8 cm³/mol. The Morgan fingerprint density at radius 3 is 2.00 bits per heavy atom. The fraction of sp³-hybridized carbons (Fsp3) is 0.846. The highest BCUT2D eigenvalue weighted by atomic mass is 16.5. The van der Waals surface area contributed by atoms with Crippen molar-refractivity contribution in [2.24, 2.45) is 15.9 Å². The first-order chi connectivity index (χ1) is 7.55. The van der Waals surface area contributed by atoms with Gasteiger partial charge in [-0.3, -0.25) is 0 Å². The van der Waals surface area contributed by atoms with E-state index < -0.39 is 0 Å². The summed E-state index contributed by atoms with van der Waals surface area (Å²) in [7, 11) is 1.39. The maximum absolute atomic E-state index is 11.6. The van der Waals surface area contributed by atoms with Crippen LogP contribution in [-0.2, 0) is 9.53 Å². The highest BCUT2D eigenvalue weighted by molar-refractivity contribution is 6.37. The molecule has 0 amide bonds. The average molecular weight is 240 g/mol. The minimum Gasteiger partial charge on any atom is -0.464 e. The number of carbonyl (C=O) groups is 1. The van der Waals surface area contributed by atoms with Gasteiger partial charge in [0, 0.05) is 6.42 Å². The smallest absolute Gasteiger partial charge is 0.354 e. The zero-order chi connectivity index (χ0) is 13.5. The van der Waals surface area contributed by atoms with Gasteiger partial charge in [-0.2, -0.15) is 5.10 Å². The van der Waals surface area contributed by atoms with Crippen LogP contribution in [0.25, 0.3) is 0 Å². The summed E-state index contributed by atoms with van der Waals surface area (Å²) in [5, 5.41) is 4.19. The lowest BCUT2D eigenvalue weighted by Crippen LogP contribution is -2.59. The molecule has 0 saturated heterocycles. The molecule has 4 nitrogen and oxygen atoms in total. The van der Waals surface area contributed by atoms with Crippen molar-refractivity contribution in [1.82, 2.24) is 5.43 Å². The van der Waals surface area contributed by atoms with Crippen LogP contribution in [0.1, 0.15) is 48.0 Å². The van der Waals surface area contributed by atoms with E-state index in [1.165, 1.54) is 7.11 Å². The third kappa shape index (κ3) is 2.17. The Morgan fingerprint density at radius 1 is 1.24 bits per heavy atom. The van der Waals surface area contributed by atoms with Crippen molar-refractivity contribution in [3.63, 3.8) is 0 Å². The topological polar surface area (TPSA) is 50.7 Å². The fourth-order valence-electron chi connectivity index (χ4n) is 2.72. The number of ether oxygens (including phenoxy) is 1. The molecule has 1 N–H and O–H groups in total. The van der Waals surface area contributed by atoms with E-state index in [0.29, 0.717) is 12.1 Å². The van der Waals surface area contributed by atoms with E-state index in [4.69, 9.17) is 4.74 Å². The Kier molecular flexibility index (Phi) is 3.29. The van der Waals surface area contributed by atoms with Gasteiger partial charge >= 0.3 is 5.97 Å². The first-order valence-corrected chi connectivity index (χ1v) is 5.97. The average Bonchev–Trinajstić information content (AvgIpc) is 2.60. The molecule has 0 aromatic heterocycles. The van der Waals surface area contributed by atoms with Crippen molar-refractivity contribution in [3.8, 4) is 0 Å². The summed E-state index contributed by atoms with van der Waals surface area (Å²) < 4.78 is 4.74. The normalized spacial score (nSPS) is 19.6. The molecule has 0 aromatic carbocycles. The van der Waals surface area contributed by atoms with E-state index in [1.807, 2.05) is 0 Å². The molecule has 1 rings (SSSR count). The molecule has 1 aliphatic heterocycles. The number of methoxy groups -OCH3 is 1. The van der Waals surface area contributed by atoms with Gasteiger partial charge in [0.15, 0.2) is 0 Å². The van der Waals surface area contributed by atoms with Gasteiger partial charge in [0.25, 0.3) is 0 Å². The minimum absolute atomic E-state index is 0.00940. The zero-order valence-corrected chi connectivity index (χ0v) is 12.0. The lowest BCUT2D eigenvalue weighted by Gasteiger charge is -2.50. The number of nitrogens with zero attached hydrogens (tertiary/aromatic N) is 1. The Hall–Kier alpha value is -1.06. The van der Waals surface area contributed by atoms with Crippen molar-refractivity contribution < 1.29 is 9.53 Å². The van der Waals surface area contributed by atoms with E-state index in [-0.39, 0.29) is 22.3 Å². The highest BCUT2D eigenvalue weighted by Crippen LogP contribution is 2.48. The number of hydrazone groups is 1. The Bertz CT molecular complexity index is 331. The molecule has 0 aromatic rings. The zero-order valence-electron chi connectivity index (χ0n) is 12.0. The van der Waals surface area contributed by atoms with Crippen molar-refractivity contribution >= 4 is 11.7 Å². The van der Waals surface area contributed by atoms with Crippen LogP contribution in [0.2, 0.25) is 0 Å². The first kappa shape index (κ1) is 14.0. The second-order valence-corrected chi connectivity index (χ2v) is 6.74. The van der Waals surface area contributed by atoms with E-state index in [0.717, 1.165) is 0 Å². The Labute approximate surface area is 104 Å². The monoisotopic (exact) mass is 240 g/mol. The second-order valence-electron chi connectivity index (χ2n) is 6.74. The van der Waals surface area contributed by atoms with Gasteiger partial charge in [0.05, 0.1) is 12.6 Å². The van der Waals surface area contributed by atoms with Gasteiger partial charge in [-0.15, -0.1) is 0 Å². The molecule has 0 unspecified atom stereocenters. The van der Waals surface area contributed by atoms with Crippen LogP contribution in [0.5, 0.6) is 0 Å². The number of hydrogen-bond donors (Lipinski definition) is 1. The second kappa shape index (κ2) is 4.00. The van der Waals surface area contributed by atoms with Gasteiger partial charge in [-0.25, -0.2) is 4.79 Å². The maximum Gasteiger partial charge on any atom is 0.354 e. The van der Waals surface area contributed by atoms with Gasteiger partial charge in [0.1, 0.15) is 5.71 Å². The van der Waals surface area contributed by atoms with Crippen molar-refractivity contribution in [2.45, 2.75) is 53.5 Å². The molecule has 1 aliphatic rings. The maximum atomic E-state index is 11.6.